The molecule has 2 fully saturated rings. The molecule has 26 heavy (non-hydrogen) atoms. The van der Waals surface area contributed by atoms with Crippen molar-refractivity contribution in [3.8, 4) is 0 Å². The van der Waals surface area contributed by atoms with E-state index in [-0.39, 0.29) is 11.8 Å². The van der Waals surface area contributed by atoms with E-state index in [1.165, 1.54) is 12.8 Å². The number of rotatable bonds is 4. The number of hydrogen-bond acceptors (Lipinski definition) is 3. The maximum absolute atomic E-state index is 12.8. The average molecular weight is 355 g/mol. The highest BCUT2D eigenvalue weighted by Crippen LogP contribution is 2.36. The quantitative estimate of drug-likeness (QED) is 0.869. The van der Waals surface area contributed by atoms with E-state index in [9.17, 15) is 14.7 Å². The third-order valence-corrected chi connectivity index (χ3v) is 5.91. The van der Waals surface area contributed by atoms with Crippen LogP contribution in [0.25, 0.3) is 11.0 Å². The largest absolute Gasteiger partial charge is 0.481 e. The predicted molar refractivity (Wildman–Crippen MR) is 99.0 cm³/mol. The summed E-state index contributed by atoms with van der Waals surface area (Å²) in [7, 11) is 0. The van der Waals surface area contributed by atoms with E-state index < -0.39 is 11.9 Å². The minimum atomic E-state index is -0.791. The van der Waals surface area contributed by atoms with E-state index in [0.29, 0.717) is 24.8 Å². The number of hydrogen-bond donors (Lipinski definition) is 2. The van der Waals surface area contributed by atoms with Crippen molar-refractivity contribution in [1.29, 1.82) is 0 Å². The molecule has 1 amide bonds. The van der Waals surface area contributed by atoms with Gasteiger partial charge in [0.25, 0.3) is 0 Å². The Labute approximate surface area is 152 Å². The lowest BCUT2D eigenvalue weighted by molar-refractivity contribution is -0.143. The number of imidazole rings is 1. The summed E-state index contributed by atoms with van der Waals surface area (Å²) in [6.45, 7) is 0. The average Bonchev–Trinajstić information content (AvgIpc) is 3.28. The molecule has 0 bridgehead atoms. The zero-order valence-corrected chi connectivity index (χ0v) is 14.9. The zero-order valence-electron chi connectivity index (χ0n) is 14.9. The molecule has 1 heterocycles. The minimum Gasteiger partial charge on any atom is -0.481 e. The Morgan fingerprint density at radius 1 is 1.04 bits per heavy atom. The number of amides is 1. The number of nitrogens with one attached hydrogen (secondary N) is 1. The van der Waals surface area contributed by atoms with Gasteiger partial charge in [-0.1, -0.05) is 31.4 Å². The molecule has 0 saturated heterocycles. The van der Waals surface area contributed by atoms with Crippen molar-refractivity contribution < 1.29 is 14.7 Å². The molecule has 1 aromatic carbocycles. The second-order valence-electron chi connectivity index (χ2n) is 7.62. The standard InChI is InChI=1S/C20H25N3O3/c24-18(13-6-5-7-14(12-13)19(25)26)22-20-21-16-10-3-4-11-17(16)23(20)15-8-1-2-9-15/h3-4,10-11,13-15H,1-2,5-9,12H2,(H,25,26)(H,21,22,24). The number of carboxylic acid groups (broad SMARTS) is 1. The molecule has 4 rings (SSSR count). The summed E-state index contributed by atoms with van der Waals surface area (Å²) in [4.78, 5) is 28.8. The molecule has 0 aliphatic heterocycles. The molecule has 6 nitrogen and oxygen atoms in total. The Morgan fingerprint density at radius 2 is 1.77 bits per heavy atom. The molecule has 2 aliphatic carbocycles. The number of aliphatic carboxylic acids is 1. The Morgan fingerprint density at radius 3 is 2.54 bits per heavy atom. The fourth-order valence-corrected chi connectivity index (χ4v) is 4.53. The Kier molecular flexibility index (Phi) is 4.66. The van der Waals surface area contributed by atoms with Gasteiger partial charge in [0.2, 0.25) is 11.9 Å². The van der Waals surface area contributed by atoms with E-state index in [2.05, 4.69) is 20.9 Å². The third-order valence-electron chi connectivity index (χ3n) is 5.91. The summed E-state index contributed by atoms with van der Waals surface area (Å²) in [5, 5.41) is 12.3. The van der Waals surface area contributed by atoms with Crippen LogP contribution in [0.5, 0.6) is 0 Å². The molecule has 2 aliphatic rings. The fraction of sp³-hybridized carbons (Fsp3) is 0.550. The SMILES string of the molecule is O=C(O)C1CCCC(C(=O)Nc2nc3ccccc3n2C2CCCC2)C1. The van der Waals surface area contributed by atoms with Gasteiger partial charge in [-0.3, -0.25) is 14.9 Å². The lowest BCUT2D eigenvalue weighted by Crippen LogP contribution is -2.31. The topological polar surface area (TPSA) is 84.2 Å². The zero-order chi connectivity index (χ0) is 18.1. The molecular formula is C20H25N3O3. The van der Waals surface area contributed by atoms with Gasteiger partial charge in [0.1, 0.15) is 0 Å². The first-order chi connectivity index (χ1) is 12.6. The molecule has 2 atom stereocenters. The number of aromatic nitrogens is 2. The summed E-state index contributed by atoms with van der Waals surface area (Å²) in [6, 6.07) is 8.35. The number of para-hydroxylation sites is 2. The van der Waals surface area contributed by atoms with Crippen LogP contribution in [0.3, 0.4) is 0 Å². The molecule has 0 spiro atoms. The number of carboxylic acids is 1. The van der Waals surface area contributed by atoms with E-state index in [0.717, 1.165) is 36.7 Å². The second-order valence-corrected chi connectivity index (χ2v) is 7.62. The van der Waals surface area contributed by atoms with Gasteiger partial charge in [0, 0.05) is 12.0 Å². The molecule has 2 unspecified atom stereocenters. The maximum atomic E-state index is 12.8. The van der Waals surface area contributed by atoms with Gasteiger partial charge >= 0.3 is 5.97 Å². The van der Waals surface area contributed by atoms with Gasteiger partial charge in [0.15, 0.2) is 0 Å². The number of benzene rings is 1. The van der Waals surface area contributed by atoms with E-state index >= 15 is 0 Å². The van der Waals surface area contributed by atoms with Gasteiger partial charge in [-0.15, -0.1) is 0 Å². The van der Waals surface area contributed by atoms with E-state index in [1.807, 2.05) is 18.2 Å². The molecule has 2 N–H and O–H groups in total. The molecule has 2 saturated carbocycles. The van der Waals surface area contributed by atoms with Crippen LogP contribution in [0.1, 0.15) is 57.4 Å². The smallest absolute Gasteiger partial charge is 0.306 e. The van der Waals surface area contributed by atoms with Crippen LogP contribution < -0.4 is 5.32 Å². The summed E-state index contributed by atoms with van der Waals surface area (Å²) >= 11 is 0. The molecule has 0 radical (unpaired) electrons. The van der Waals surface area contributed by atoms with Gasteiger partial charge < -0.3 is 9.67 Å². The second kappa shape index (κ2) is 7.09. The van der Waals surface area contributed by atoms with Gasteiger partial charge in [-0.25, -0.2) is 4.98 Å². The number of nitrogens with zero attached hydrogens (tertiary/aromatic N) is 2. The molecule has 138 valence electrons. The number of anilines is 1. The maximum Gasteiger partial charge on any atom is 0.306 e. The lowest BCUT2D eigenvalue weighted by atomic mass is 9.81. The van der Waals surface area contributed by atoms with Crippen LogP contribution in [-0.4, -0.2) is 26.5 Å². The summed E-state index contributed by atoms with van der Waals surface area (Å²) in [5.41, 5.74) is 1.95. The van der Waals surface area contributed by atoms with Crippen molar-refractivity contribution in [1.82, 2.24) is 9.55 Å². The molecule has 6 heteroatoms. The van der Waals surface area contributed by atoms with Crippen molar-refractivity contribution in [3.05, 3.63) is 24.3 Å². The van der Waals surface area contributed by atoms with Crippen molar-refractivity contribution in [2.45, 2.75) is 57.4 Å². The van der Waals surface area contributed by atoms with Crippen LogP contribution in [0, 0.1) is 11.8 Å². The highest BCUT2D eigenvalue weighted by molar-refractivity contribution is 5.93. The van der Waals surface area contributed by atoms with Crippen molar-refractivity contribution in [2.75, 3.05) is 5.32 Å². The predicted octanol–water partition coefficient (Wildman–Crippen LogP) is 3.98. The Balaban J connectivity index is 1.59. The van der Waals surface area contributed by atoms with Crippen LogP contribution in [0.15, 0.2) is 24.3 Å². The minimum absolute atomic E-state index is 0.0921. The van der Waals surface area contributed by atoms with E-state index in [4.69, 9.17) is 0 Å². The van der Waals surface area contributed by atoms with Crippen LogP contribution in [0.2, 0.25) is 0 Å². The normalized spacial score (nSPS) is 24.0. The first-order valence-electron chi connectivity index (χ1n) is 9.64. The van der Waals surface area contributed by atoms with Crippen LogP contribution >= 0.6 is 0 Å². The van der Waals surface area contributed by atoms with Gasteiger partial charge in [-0.2, -0.15) is 0 Å². The highest BCUT2D eigenvalue weighted by Gasteiger charge is 2.32. The first kappa shape index (κ1) is 17.1. The van der Waals surface area contributed by atoms with Crippen LogP contribution in [0.4, 0.5) is 5.95 Å². The summed E-state index contributed by atoms with van der Waals surface area (Å²) in [6.07, 6.45) is 7.24. The van der Waals surface area contributed by atoms with Crippen molar-refractivity contribution >= 4 is 28.9 Å². The van der Waals surface area contributed by atoms with Gasteiger partial charge in [0.05, 0.1) is 17.0 Å². The van der Waals surface area contributed by atoms with Gasteiger partial charge in [-0.05, 0) is 44.2 Å². The first-order valence-corrected chi connectivity index (χ1v) is 9.64. The van der Waals surface area contributed by atoms with Crippen molar-refractivity contribution in [2.24, 2.45) is 11.8 Å². The van der Waals surface area contributed by atoms with Crippen molar-refractivity contribution in [3.63, 3.8) is 0 Å². The molecule has 2 aromatic rings. The monoisotopic (exact) mass is 355 g/mol. The number of fused-ring (bicyclic) bond motifs is 1. The van der Waals surface area contributed by atoms with Crippen LogP contribution in [-0.2, 0) is 9.59 Å². The summed E-state index contributed by atoms with van der Waals surface area (Å²) < 4.78 is 2.18. The van der Waals surface area contributed by atoms with E-state index in [1.54, 1.807) is 0 Å². The number of carbonyl (C=O) groups is 2. The molecule has 1 aromatic heterocycles. The Hall–Kier alpha value is -2.37. The lowest BCUT2D eigenvalue weighted by Gasteiger charge is -2.26. The molecular weight excluding hydrogens is 330 g/mol. The third kappa shape index (κ3) is 3.20. The number of carbonyl (C=O) groups excluding carboxylic acids is 1. The summed E-state index contributed by atoms with van der Waals surface area (Å²) in [5.74, 6) is -0.929. The highest BCUT2D eigenvalue weighted by atomic mass is 16.4. The fourth-order valence-electron chi connectivity index (χ4n) is 4.53. The Bertz CT molecular complexity index is 823.